The number of nitrogens with zero attached hydrogens (tertiary/aromatic N) is 1. The normalized spacial score (nSPS) is 24.6. The minimum atomic E-state index is 0.190. The van der Waals surface area contributed by atoms with Gasteiger partial charge in [-0.05, 0) is 67.9 Å². The van der Waals surface area contributed by atoms with Gasteiger partial charge in [0.25, 0.3) is 0 Å². The second kappa shape index (κ2) is 7.02. The summed E-state index contributed by atoms with van der Waals surface area (Å²) in [6, 6.07) is 17.7. The molecule has 3 heterocycles. The number of para-hydroxylation sites is 1. The van der Waals surface area contributed by atoms with E-state index in [1.165, 1.54) is 38.9 Å². The smallest absolute Gasteiger partial charge is 0.171 e. The average Bonchev–Trinajstić information content (AvgIpc) is 2.65. The van der Waals surface area contributed by atoms with Crippen molar-refractivity contribution in [3.05, 3.63) is 54.6 Å². The molecule has 0 aromatic heterocycles. The zero-order valence-corrected chi connectivity index (χ0v) is 15.0. The number of piperidine rings is 3. The highest BCUT2D eigenvalue weighted by molar-refractivity contribution is 7.80. The van der Waals surface area contributed by atoms with Crippen molar-refractivity contribution in [1.82, 2.24) is 10.2 Å². The maximum atomic E-state index is 5.82. The molecule has 3 aliphatic rings. The molecule has 0 spiro atoms. The first-order valence-corrected chi connectivity index (χ1v) is 9.26. The molecule has 0 aliphatic carbocycles. The SMILES string of the molecule is S=C(Nc1ccc(Oc2ccccc2)cc1)NC12CCN(CC1)CC2. The molecular weight excluding hydrogens is 330 g/mol. The van der Waals surface area contributed by atoms with Crippen LogP contribution in [0.25, 0.3) is 0 Å². The Kier molecular flexibility index (Phi) is 4.59. The maximum absolute atomic E-state index is 5.82. The van der Waals surface area contributed by atoms with Gasteiger partial charge in [-0.3, -0.25) is 0 Å². The fraction of sp³-hybridized carbons (Fsp3) is 0.350. The summed E-state index contributed by atoms with van der Waals surface area (Å²) in [6.07, 6.45) is 3.54. The predicted molar refractivity (Wildman–Crippen MR) is 105 cm³/mol. The van der Waals surface area contributed by atoms with Crippen molar-refractivity contribution in [3.63, 3.8) is 0 Å². The summed E-state index contributed by atoms with van der Waals surface area (Å²) in [6.45, 7) is 3.55. The summed E-state index contributed by atoms with van der Waals surface area (Å²) in [5.41, 5.74) is 1.16. The van der Waals surface area contributed by atoms with E-state index in [9.17, 15) is 0 Å². The predicted octanol–water partition coefficient (Wildman–Crippen LogP) is 4.00. The highest BCUT2D eigenvalue weighted by Crippen LogP contribution is 2.32. The molecule has 5 rings (SSSR count). The Hall–Kier alpha value is -2.11. The van der Waals surface area contributed by atoms with E-state index in [4.69, 9.17) is 17.0 Å². The Morgan fingerprint density at radius 2 is 1.48 bits per heavy atom. The van der Waals surface area contributed by atoms with Crippen molar-refractivity contribution < 1.29 is 4.74 Å². The third kappa shape index (κ3) is 3.94. The van der Waals surface area contributed by atoms with Crippen LogP contribution < -0.4 is 15.4 Å². The molecule has 130 valence electrons. The Balaban J connectivity index is 1.34. The molecule has 0 unspecified atom stereocenters. The number of ether oxygens (including phenoxy) is 1. The fourth-order valence-electron chi connectivity index (χ4n) is 3.65. The average molecular weight is 353 g/mol. The lowest BCUT2D eigenvalue weighted by Gasteiger charge is -2.49. The molecule has 4 nitrogen and oxygen atoms in total. The number of hydrogen-bond donors (Lipinski definition) is 2. The lowest BCUT2D eigenvalue weighted by Crippen LogP contribution is -2.61. The summed E-state index contributed by atoms with van der Waals surface area (Å²) >= 11 is 5.54. The lowest BCUT2D eigenvalue weighted by molar-refractivity contribution is 0.0743. The van der Waals surface area contributed by atoms with Crippen molar-refractivity contribution >= 4 is 23.0 Å². The van der Waals surface area contributed by atoms with Crippen LogP contribution in [0.3, 0.4) is 0 Å². The number of nitrogens with one attached hydrogen (secondary N) is 2. The molecule has 2 bridgehead atoms. The van der Waals surface area contributed by atoms with E-state index in [-0.39, 0.29) is 5.54 Å². The molecule has 0 radical (unpaired) electrons. The largest absolute Gasteiger partial charge is 0.457 e. The van der Waals surface area contributed by atoms with E-state index < -0.39 is 0 Å². The van der Waals surface area contributed by atoms with Gasteiger partial charge in [-0.1, -0.05) is 18.2 Å². The van der Waals surface area contributed by atoms with Gasteiger partial charge in [-0.15, -0.1) is 0 Å². The zero-order valence-electron chi connectivity index (χ0n) is 14.2. The summed E-state index contributed by atoms with van der Waals surface area (Å²) in [7, 11) is 0. The van der Waals surface area contributed by atoms with E-state index in [1.54, 1.807) is 0 Å². The second-order valence-corrected chi connectivity index (χ2v) is 7.30. The molecule has 5 heteroatoms. The van der Waals surface area contributed by atoms with Crippen LogP contribution in [0, 0.1) is 0 Å². The van der Waals surface area contributed by atoms with Gasteiger partial charge in [0, 0.05) is 30.9 Å². The highest BCUT2D eigenvalue weighted by Gasteiger charge is 2.39. The summed E-state index contributed by atoms with van der Waals surface area (Å²) in [5, 5.41) is 7.61. The number of benzene rings is 2. The molecule has 3 saturated heterocycles. The van der Waals surface area contributed by atoms with Crippen LogP contribution in [0.15, 0.2) is 54.6 Å². The Morgan fingerprint density at radius 1 is 0.880 bits per heavy atom. The topological polar surface area (TPSA) is 36.5 Å². The summed E-state index contributed by atoms with van der Waals surface area (Å²) < 4.78 is 5.82. The van der Waals surface area contributed by atoms with Gasteiger partial charge in [-0.2, -0.15) is 0 Å². The summed E-state index contributed by atoms with van der Waals surface area (Å²) in [4.78, 5) is 2.53. The first-order valence-electron chi connectivity index (χ1n) is 8.85. The van der Waals surface area contributed by atoms with Gasteiger partial charge in [0.05, 0.1) is 0 Å². The van der Waals surface area contributed by atoms with E-state index in [0.29, 0.717) is 5.11 Å². The van der Waals surface area contributed by atoms with Crippen molar-refractivity contribution in [3.8, 4) is 11.5 Å². The van der Waals surface area contributed by atoms with E-state index >= 15 is 0 Å². The molecule has 2 N–H and O–H groups in total. The minimum Gasteiger partial charge on any atom is -0.457 e. The zero-order chi connectivity index (χ0) is 17.1. The van der Waals surface area contributed by atoms with Crippen molar-refractivity contribution in [1.29, 1.82) is 0 Å². The van der Waals surface area contributed by atoms with Gasteiger partial charge in [0.2, 0.25) is 0 Å². The molecule has 0 atom stereocenters. The molecule has 3 fully saturated rings. The molecule has 3 aliphatic heterocycles. The monoisotopic (exact) mass is 353 g/mol. The van der Waals surface area contributed by atoms with Gasteiger partial charge < -0.3 is 20.3 Å². The fourth-order valence-corrected chi connectivity index (χ4v) is 3.98. The number of hydrogen-bond acceptors (Lipinski definition) is 3. The number of anilines is 1. The van der Waals surface area contributed by atoms with Crippen molar-refractivity contribution in [2.75, 3.05) is 25.0 Å². The highest BCUT2D eigenvalue weighted by atomic mass is 32.1. The quantitative estimate of drug-likeness (QED) is 0.813. The van der Waals surface area contributed by atoms with Crippen LogP contribution in [0.5, 0.6) is 11.5 Å². The Morgan fingerprint density at radius 3 is 2.12 bits per heavy atom. The van der Waals surface area contributed by atoms with Crippen molar-refractivity contribution in [2.45, 2.75) is 24.8 Å². The molecule has 2 aromatic rings. The van der Waals surface area contributed by atoms with Crippen molar-refractivity contribution in [2.24, 2.45) is 0 Å². The van der Waals surface area contributed by atoms with E-state index in [2.05, 4.69) is 15.5 Å². The maximum Gasteiger partial charge on any atom is 0.171 e. The number of rotatable bonds is 4. The molecule has 0 amide bonds. The van der Waals surface area contributed by atoms with Crippen LogP contribution >= 0.6 is 12.2 Å². The third-order valence-corrected chi connectivity index (χ3v) is 5.39. The second-order valence-electron chi connectivity index (χ2n) is 6.89. The van der Waals surface area contributed by atoms with Gasteiger partial charge in [0.15, 0.2) is 5.11 Å². The summed E-state index contributed by atoms with van der Waals surface area (Å²) in [5.74, 6) is 1.65. The third-order valence-electron chi connectivity index (χ3n) is 5.19. The Bertz CT molecular complexity index is 711. The first kappa shape index (κ1) is 16.4. The number of fused-ring (bicyclic) bond motifs is 3. The molecule has 0 saturated carbocycles. The molecule has 2 aromatic carbocycles. The van der Waals surface area contributed by atoms with Gasteiger partial charge in [0.1, 0.15) is 11.5 Å². The van der Waals surface area contributed by atoms with Gasteiger partial charge in [-0.25, -0.2) is 0 Å². The van der Waals surface area contributed by atoms with Crippen LogP contribution in [0.1, 0.15) is 19.3 Å². The van der Waals surface area contributed by atoms with Crippen LogP contribution in [0.2, 0.25) is 0 Å². The van der Waals surface area contributed by atoms with Crippen LogP contribution in [0.4, 0.5) is 5.69 Å². The van der Waals surface area contributed by atoms with Gasteiger partial charge >= 0.3 is 0 Å². The van der Waals surface area contributed by atoms with E-state index in [0.717, 1.165) is 17.2 Å². The van der Waals surface area contributed by atoms with E-state index in [1.807, 2.05) is 54.6 Å². The minimum absolute atomic E-state index is 0.190. The Labute approximate surface area is 154 Å². The lowest BCUT2D eigenvalue weighted by atomic mass is 9.80. The molecule has 25 heavy (non-hydrogen) atoms. The first-order chi connectivity index (χ1) is 12.2. The number of thiocarbonyl (C=S) groups is 1. The standard InChI is InChI=1S/C20H23N3OS/c25-19(22-20-10-13-23(14-11-20)15-12-20)21-16-6-8-18(9-7-16)24-17-4-2-1-3-5-17/h1-9H,10-15H2,(H2,21,22,25). The molecular formula is C20H23N3OS. The van der Waals surface area contributed by atoms with Crippen LogP contribution in [-0.2, 0) is 0 Å². The van der Waals surface area contributed by atoms with Crippen LogP contribution in [-0.4, -0.2) is 35.2 Å².